The highest BCUT2D eigenvalue weighted by atomic mass is 16.2. The second-order valence-corrected chi connectivity index (χ2v) is 3.74. The molecular formula is C9H14N4O. The van der Waals surface area contributed by atoms with E-state index < -0.39 is 0 Å². The van der Waals surface area contributed by atoms with Crippen molar-refractivity contribution in [1.82, 2.24) is 14.7 Å². The third kappa shape index (κ3) is 1.57. The monoisotopic (exact) mass is 194 g/mol. The minimum absolute atomic E-state index is 0.0688. The number of amides is 1. The highest BCUT2D eigenvalue weighted by molar-refractivity contribution is 5.80. The lowest BCUT2D eigenvalue weighted by Crippen LogP contribution is -2.25. The van der Waals surface area contributed by atoms with Crippen molar-refractivity contribution in [3.8, 4) is 0 Å². The van der Waals surface area contributed by atoms with Gasteiger partial charge in [-0.15, -0.1) is 0 Å². The lowest BCUT2D eigenvalue weighted by Gasteiger charge is -2.09. The maximum atomic E-state index is 11.6. The van der Waals surface area contributed by atoms with Crippen molar-refractivity contribution in [2.45, 2.75) is 13.0 Å². The Kier molecular flexibility index (Phi) is 2.15. The predicted octanol–water partition coefficient (Wildman–Crippen LogP) is -0.0564. The van der Waals surface area contributed by atoms with E-state index in [1.165, 1.54) is 0 Å². The Morgan fingerprint density at radius 3 is 3.00 bits per heavy atom. The molecule has 5 heteroatoms. The van der Waals surface area contributed by atoms with E-state index in [-0.39, 0.29) is 11.8 Å². The Balaban J connectivity index is 2.02. The van der Waals surface area contributed by atoms with E-state index in [0.717, 1.165) is 13.0 Å². The number of carbonyl (C=O) groups excluding carboxylic acids is 1. The van der Waals surface area contributed by atoms with Crippen LogP contribution in [0.15, 0.2) is 12.4 Å². The van der Waals surface area contributed by atoms with E-state index in [4.69, 9.17) is 5.73 Å². The standard InChI is InChI=1S/C9H14N4O/c1-12-3-2-7(9(12)14)5-13-6-8(10)4-11-13/h4,6-7H,2-3,5,10H2,1H3. The van der Waals surface area contributed by atoms with Gasteiger partial charge in [0.2, 0.25) is 5.91 Å². The summed E-state index contributed by atoms with van der Waals surface area (Å²) in [5.41, 5.74) is 6.18. The van der Waals surface area contributed by atoms with Crippen LogP contribution < -0.4 is 5.73 Å². The molecule has 1 saturated heterocycles. The molecule has 0 aromatic carbocycles. The second kappa shape index (κ2) is 3.32. The Morgan fingerprint density at radius 1 is 1.71 bits per heavy atom. The molecule has 1 aromatic rings. The molecule has 1 amide bonds. The van der Waals surface area contributed by atoms with Crippen LogP contribution >= 0.6 is 0 Å². The van der Waals surface area contributed by atoms with Gasteiger partial charge in [0.1, 0.15) is 0 Å². The van der Waals surface area contributed by atoms with Gasteiger partial charge in [0.25, 0.3) is 0 Å². The molecule has 2 N–H and O–H groups in total. The van der Waals surface area contributed by atoms with Crippen molar-refractivity contribution in [3.05, 3.63) is 12.4 Å². The second-order valence-electron chi connectivity index (χ2n) is 3.74. The highest BCUT2D eigenvalue weighted by Gasteiger charge is 2.29. The summed E-state index contributed by atoms with van der Waals surface area (Å²) in [6.45, 7) is 1.49. The fourth-order valence-electron chi connectivity index (χ4n) is 1.77. The first-order chi connectivity index (χ1) is 6.66. The van der Waals surface area contributed by atoms with Crippen molar-refractivity contribution in [2.24, 2.45) is 5.92 Å². The number of hydrogen-bond acceptors (Lipinski definition) is 3. The topological polar surface area (TPSA) is 64.2 Å². The number of aromatic nitrogens is 2. The first kappa shape index (κ1) is 9.05. The average Bonchev–Trinajstić information content (AvgIpc) is 2.67. The minimum Gasteiger partial charge on any atom is -0.396 e. The fraction of sp³-hybridized carbons (Fsp3) is 0.556. The lowest BCUT2D eigenvalue weighted by atomic mass is 10.1. The van der Waals surface area contributed by atoms with E-state index in [2.05, 4.69) is 5.10 Å². The number of anilines is 1. The molecule has 0 spiro atoms. The number of rotatable bonds is 2. The van der Waals surface area contributed by atoms with E-state index >= 15 is 0 Å². The SMILES string of the molecule is CN1CCC(Cn2cc(N)cn2)C1=O. The number of hydrogen-bond donors (Lipinski definition) is 1. The Bertz CT molecular complexity index is 346. The molecule has 2 heterocycles. The van der Waals surface area contributed by atoms with Crippen molar-refractivity contribution in [1.29, 1.82) is 0 Å². The van der Waals surface area contributed by atoms with Crippen LogP contribution in [0.3, 0.4) is 0 Å². The quantitative estimate of drug-likeness (QED) is 0.717. The number of carbonyl (C=O) groups is 1. The summed E-state index contributed by atoms with van der Waals surface area (Å²) in [4.78, 5) is 13.3. The molecule has 0 aliphatic carbocycles. The maximum Gasteiger partial charge on any atom is 0.227 e. The molecule has 1 atom stereocenters. The molecule has 1 aliphatic rings. The molecule has 2 rings (SSSR count). The summed E-state index contributed by atoms with van der Waals surface area (Å²) >= 11 is 0. The Hall–Kier alpha value is -1.52. The van der Waals surface area contributed by atoms with Crippen LogP contribution in [0.4, 0.5) is 5.69 Å². The van der Waals surface area contributed by atoms with Crippen molar-refractivity contribution in [2.75, 3.05) is 19.3 Å². The van der Waals surface area contributed by atoms with E-state index in [1.807, 2.05) is 7.05 Å². The van der Waals surface area contributed by atoms with Gasteiger partial charge < -0.3 is 10.6 Å². The number of nitrogen functional groups attached to an aromatic ring is 1. The molecular weight excluding hydrogens is 180 g/mol. The Morgan fingerprint density at radius 2 is 2.50 bits per heavy atom. The smallest absolute Gasteiger partial charge is 0.227 e. The number of likely N-dealkylation sites (tertiary alicyclic amines) is 1. The van der Waals surface area contributed by atoms with Crippen LogP contribution in [0, 0.1) is 5.92 Å². The van der Waals surface area contributed by atoms with Crippen LogP contribution in [0.2, 0.25) is 0 Å². The van der Waals surface area contributed by atoms with Crippen LogP contribution in [0.1, 0.15) is 6.42 Å². The molecule has 76 valence electrons. The third-order valence-corrected chi connectivity index (χ3v) is 2.60. The Labute approximate surface area is 82.5 Å². The zero-order valence-electron chi connectivity index (χ0n) is 8.18. The van der Waals surface area contributed by atoms with E-state index in [1.54, 1.807) is 22.0 Å². The maximum absolute atomic E-state index is 11.6. The molecule has 1 fully saturated rings. The van der Waals surface area contributed by atoms with Gasteiger partial charge in [-0.1, -0.05) is 0 Å². The zero-order valence-corrected chi connectivity index (χ0v) is 8.18. The zero-order chi connectivity index (χ0) is 10.1. The third-order valence-electron chi connectivity index (χ3n) is 2.60. The summed E-state index contributed by atoms with van der Waals surface area (Å²) in [5, 5.41) is 4.06. The lowest BCUT2D eigenvalue weighted by molar-refractivity contribution is -0.130. The van der Waals surface area contributed by atoms with Gasteiger partial charge in [-0.3, -0.25) is 9.48 Å². The molecule has 14 heavy (non-hydrogen) atoms. The number of nitrogens with two attached hydrogens (primary N) is 1. The first-order valence-electron chi connectivity index (χ1n) is 4.69. The molecule has 1 aliphatic heterocycles. The molecule has 1 unspecified atom stereocenters. The normalized spacial score (nSPS) is 21.9. The molecule has 1 aromatic heterocycles. The minimum atomic E-state index is 0.0688. The first-order valence-corrected chi connectivity index (χ1v) is 4.69. The van der Waals surface area contributed by atoms with Crippen molar-refractivity contribution >= 4 is 11.6 Å². The summed E-state index contributed by atoms with van der Waals surface area (Å²) in [6, 6.07) is 0. The highest BCUT2D eigenvalue weighted by Crippen LogP contribution is 2.18. The largest absolute Gasteiger partial charge is 0.396 e. The van der Waals surface area contributed by atoms with E-state index in [9.17, 15) is 4.79 Å². The fourth-order valence-corrected chi connectivity index (χ4v) is 1.77. The average molecular weight is 194 g/mol. The summed E-state index contributed by atoms with van der Waals surface area (Å²) < 4.78 is 1.73. The van der Waals surface area contributed by atoms with Crippen LogP contribution in [-0.2, 0) is 11.3 Å². The van der Waals surface area contributed by atoms with Crippen molar-refractivity contribution < 1.29 is 4.79 Å². The summed E-state index contributed by atoms with van der Waals surface area (Å²) in [5.74, 6) is 0.276. The molecule has 5 nitrogen and oxygen atoms in total. The van der Waals surface area contributed by atoms with Crippen LogP contribution in [0.25, 0.3) is 0 Å². The van der Waals surface area contributed by atoms with Gasteiger partial charge in [-0.05, 0) is 6.42 Å². The van der Waals surface area contributed by atoms with Crippen molar-refractivity contribution in [3.63, 3.8) is 0 Å². The summed E-state index contributed by atoms with van der Waals surface area (Å²) in [7, 11) is 1.83. The molecule has 0 saturated carbocycles. The molecule has 0 bridgehead atoms. The predicted molar refractivity (Wildman–Crippen MR) is 52.4 cm³/mol. The van der Waals surface area contributed by atoms with Gasteiger partial charge in [-0.25, -0.2) is 0 Å². The number of nitrogens with zero attached hydrogens (tertiary/aromatic N) is 3. The van der Waals surface area contributed by atoms with Crippen LogP contribution in [0.5, 0.6) is 0 Å². The van der Waals surface area contributed by atoms with Gasteiger partial charge in [0.15, 0.2) is 0 Å². The summed E-state index contributed by atoms with van der Waals surface area (Å²) in [6.07, 6.45) is 4.27. The van der Waals surface area contributed by atoms with Gasteiger partial charge in [-0.2, -0.15) is 5.10 Å². The van der Waals surface area contributed by atoms with E-state index in [0.29, 0.717) is 12.2 Å². The van der Waals surface area contributed by atoms with Crippen LogP contribution in [-0.4, -0.2) is 34.2 Å². The van der Waals surface area contributed by atoms with Gasteiger partial charge >= 0.3 is 0 Å². The molecule has 0 radical (unpaired) electrons. The van der Waals surface area contributed by atoms with Gasteiger partial charge in [0.05, 0.1) is 24.3 Å². The van der Waals surface area contributed by atoms with Gasteiger partial charge in [0, 0.05) is 19.8 Å².